The maximum atomic E-state index is 11.8. The van der Waals surface area contributed by atoms with Crippen molar-refractivity contribution in [3.05, 3.63) is 29.8 Å². The summed E-state index contributed by atoms with van der Waals surface area (Å²) in [5.74, 6) is 0. The van der Waals surface area contributed by atoms with E-state index in [-0.39, 0.29) is 12.4 Å². The van der Waals surface area contributed by atoms with Crippen LogP contribution in [0.3, 0.4) is 0 Å². The monoisotopic (exact) mass is 278 g/mol. The van der Waals surface area contributed by atoms with E-state index >= 15 is 0 Å². The van der Waals surface area contributed by atoms with Crippen LogP contribution in [0.4, 0.5) is 0 Å². The molecule has 98 valence electrons. The summed E-state index contributed by atoms with van der Waals surface area (Å²) in [5.41, 5.74) is 4.76. The highest BCUT2D eigenvalue weighted by molar-refractivity contribution is 7.89. The molecule has 0 aromatic heterocycles. The van der Waals surface area contributed by atoms with Crippen molar-refractivity contribution in [3.63, 3.8) is 0 Å². The molecule has 0 saturated carbocycles. The summed E-state index contributed by atoms with van der Waals surface area (Å²) in [4.78, 5) is 0.327. The Morgan fingerprint density at radius 3 is 2.29 bits per heavy atom. The van der Waals surface area contributed by atoms with Crippen LogP contribution in [0.1, 0.15) is 18.4 Å². The predicted molar refractivity (Wildman–Crippen MR) is 63.4 cm³/mol. The molecule has 1 aromatic carbocycles. The van der Waals surface area contributed by atoms with E-state index in [2.05, 4.69) is 10.5 Å². The van der Waals surface area contributed by atoms with Gasteiger partial charge in [0.25, 0.3) is 0 Å². The molecule has 0 bridgehead atoms. The number of unbranched alkanes of at least 4 members (excludes halogenated alkanes) is 1. The second kappa shape index (κ2) is 7.66. The molecule has 0 aliphatic heterocycles. The molecular formula is C11H19ClN2O2S. The lowest BCUT2D eigenvalue weighted by atomic mass is 10.2. The first-order valence-corrected chi connectivity index (χ1v) is 6.90. The molecule has 0 spiro atoms. The van der Waals surface area contributed by atoms with Gasteiger partial charge in [0.2, 0.25) is 10.0 Å². The number of hydrogen-bond donors (Lipinski definition) is 2. The molecule has 0 saturated heterocycles. The molecule has 0 radical (unpaired) electrons. The minimum atomic E-state index is -3.33. The summed E-state index contributed by atoms with van der Waals surface area (Å²) < 4.78 is 26.1. The van der Waals surface area contributed by atoms with Crippen molar-refractivity contribution in [2.75, 3.05) is 13.1 Å². The van der Waals surface area contributed by atoms with Gasteiger partial charge in [-0.15, -0.1) is 0 Å². The topological polar surface area (TPSA) is 73.8 Å². The van der Waals surface area contributed by atoms with Gasteiger partial charge in [0.1, 0.15) is 0 Å². The molecule has 0 unspecified atom stereocenters. The van der Waals surface area contributed by atoms with E-state index in [1.807, 2.05) is 6.92 Å². The molecular weight excluding hydrogens is 260 g/mol. The molecule has 0 fully saturated rings. The highest BCUT2D eigenvalue weighted by Crippen LogP contribution is 2.09. The smallest absolute Gasteiger partial charge is 0.240 e. The number of aryl methyl sites for hydroxylation is 1. The average Bonchev–Trinajstić information content (AvgIpc) is 2.25. The normalized spacial score (nSPS) is 10.9. The summed E-state index contributed by atoms with van der Waals surface area (Å²) in [6.45, 7) is 3.25. The Morgan fingerprint density at radius 2 is 1.76 bits per heavy atom. The van der Waals surface area contributed by atoms with Crippen LogP contribution in [0.5, 0.6) is 0 Å². The molecule has 0 aliphatic carbocycles. The molecule has 4 N–H and O–H groups in total. The standard InChI is InChI=1S/C11H18N2O2S.ClH/c1-10-4-6-11(7-5-10)16(14,15)13-9-3-2-8-12;/h4-7,13H,2-3,8-9,12H2,1H3;1H. The van der Waals surface area contributed by atoms with Crippen LogP contribution in [0.2, 0.25) is 0 Å². The van der Waals surface area contributed by atoms with E-state index in [1.54, 1.807) is 24.3 Å². The van der Waals surface area contributed by atoms with Gasteiger partial charge in [-0.2, -0.15) is 0 Å². The van der Waals surface area contributed by atoms with Gasteiger partial charge in [-0.25, -0.2) is 13.1 Å². The van der Waals surface area contributed by atoms with Crippen molar-refractivity contribution in [3.8, 4) is 0 Å². The fraction of sp³-hybridized carbons (Fsp3) is 0.455. The van der Waals surface area contributed by atoms with E-state index in [1.165, 1.54) is 0 Å². The van der Waals surface area contributed by atoms with E-state index in [9.17, 15) is 8.42 Å². The molecule has 17 heavy (non-hydrogen) atoms. The van der Waals surface area contributed by atoms with Crippen molar-refractivity contribution < 1.29 is 26.6 Å². The lowest BCUT2D eigenvalue weighted by Gasteiger charge is -2.06. The average molecular weight is 279 g/mol. The third-order valence-corrected chi connectivity index (χ3v) is 3.78. The van der Waals surface area contributed by atoms with Crippen LogP contribution < -0.4 is 22.9 Å². The first-order chi connectivity index (χ1) is 7.56. The lowest BCUT2D eigenvalue weighted by molar-refractivity contribution is -0.368. The van der Waals surface area contributed by atoms with Gasteiger partial charge >= 0.3 is 0 Å². The second-order valence-electron chi connectivity index (χ2n) is 3.77. The fourth-order valence-corrected chi connectivity index (χ4v) is 2.38. The molecule has 0 atom stereocenters. The van der Waals surface area contributed by atoms with Gasteiger partial charge < -0.3 is 18.1 Å². The van der Waals surface area contributed by atoms with Crippen molar-refractivity contribution in [1.82, 2.24) is 4.72 Å². The molecule has 0 aliphatic rings. The van der Waals surface area contributed by atoms with E-state index in [0.717, 1.165) is 24.9 Å². The Hall–Kier alpha value is -0.620. The number of benzene rings is 1. The summed E-state index contributed by atoms with van der Waals surface area (Å²) in [7, 11) is -3.33. The second-order valence-corrected chi connectivity index (χ2v) is 5.54. The van der Waals surface area contributed by atoms with E-state index in [0.29, 0.717) is 11.4 Å². The van der Waals surface area contributed by atoms with Crippen LogP contribution in [-0.4, -0.2) is 21.5 Å². The minimum absolute atomic E-state index is 0. The van der Waals surface area contributed by atoms with Crippen LogP contribution in [0.15, 0.2) is 29.2 Å². The van der Waals surface area contributed by atoms with Crippen molar-refractivity contribution >= 4 is 10.0 Å². The Bertz CT molecular complexity index is 418. The number of halogens is 1. The van der Waals surface area contributed by atoms with Gasteiger partial charge in [0.05, 0.1) is 11.4 Å². The van der Waals surface area contributed by atoms with Crippen LogP contribution >= 0.6 is 0 Å². The number of hydrogen-bond acceptors (Lipinski definition) is 2. The zero-order valence-electron chi connectivity index (χ0n) is 9.95. The quantitative estimate of drug-likeness (QED) is 0.556. The van der Waals surface area contributed by atoms with Gasteiger partial charge in [0, 0.05) is 6.54 Å². The molecule has 0 heterocycles. The lowest BCUT2D eigenvalue weighted by Crippen LogP contribution is -3.00. The highest BCUT2D eigenvalue weighted by atomic mass is 35.5. The predicted octanol–water partition coefficient (Wildman–Crippen LogP) is -2.70. The Balaban J connectivity index is 0.00000256. The van der Waals surface area contributed by atoms with Gasteiger partial charge in [-0.3, -0.25) is 0 Å². The molecule has 4 nitrogen and oxygen atoms in total. The molecule has 1 rings (SSSR count). The van der Waals surface area contributed by atoms with Crippen molar-refractivity contribution in [2.45, 2.75) is 24.7 Å². The summed E-state index contributed by atoms with van der Waals surface area (Å²) in [6, 6.07) is 6.84. The highest BCUT2D eigenvalue weighted by Gasteiger charge is 2.12. The van der Waals surface area contributed by atoms with Crippen LogP contribution in [0, 0.1) is 6.92 Å². The fourth-order valence-electron chi connectivity index (χ4n) is 1.31. The van der Waals surface area contributed by atoms with Crippen molar-refractivity contribution in [2.24, 2.45) is 0 Å². The summed E-state index contributed by atoms with van der Waals surface area (Å²) in [5, 5.41) is 0. The first kappa shape index (κ1) is 16.4. The summed E-state index contributed by atoms with van der Waals surface area (Å²) in [6.07, 6.45) is 1.77. The molecule has 1 aromatic rings. The maximum Gasteiger partial charge on any atom is 0.240 e. The number of sulfonamides is 1. The summed E-state index contributed by atoms with van der Waals surface area (Å²) >= 11 is 0. The van der Waals surface area contributed by atoms with Crippen molar-refractivity contribution in [1.29, 1.82) is 0 Å². The Kier molecular flexibility index (Phi) is 7.38. The molecule has 6 heteroatoms. The maximum absolute atomic E-state index is 11.8. The zero-order valence-corrected chi connectivity index (χ0v) is 11.5. The van der Waals surface area contributed by atoms with E-state index in [4.69, 9.17) is 0 Å². The third kappa shape index (κ3) is 5.50. The number of quaternary nitrogens is 1. The minimum Gasteiger partial charge on any atom is -1.00 e. The van der Waals surface area contributed by atoms with Gasteiger partial charge in [0.15, 0.2) is 0 Å². The van der Waals surface area contributed by atoms with Gasteiger partial charge in [-0.1, -0.05) is 17.7 Å². The third-order valence-electron chi connectivity index (χ3n) is 2.30. The molecule has 0 amide bonds. The van der Waals surface area contributed by atoms with Gasteiger partial charge in [-0.05, 0) is 31.9 Å². The first-order valence-electron chi connectivity index (χ1n) is 5.42. The number of nitrogens with one attached hydrogen (secondary N) is 1. The largest absolute Gasteiger partial charge is 1.00 e. The van der Waals surface area contributed by atoms with Crippen LogP contribution in [-0.2, 0) is 10.0 Å². The Labute approximate surface area is 109 Å². The number of rotatable bonds is 6. The zero-order chi connectivity index (χ0) is 12.0. The van der Waals surface area contributed by atoms with E-state index < -0.39 is 10.0 Å². The van der Waals surface area contributed by atoms with Crippen LogP contribution in [0.25, 0.3) is 0 Å². The Morgan fingerprint density at radius 1 is 1.18 bits per heavy atom. The SMILES string of the molecule is Cc1ccc(S(=O)(=O)NCCCC[NH3+])cc1.[Cl-].